The first kappa shape index (κ1) is 24.3. The topological polar surface area (TPSA) is 149 Å². The normalized spacial score (nSPS) is 19.0. The van der Waals surface area contributed by atoms with Crippen LogP contribution in [0.2, 0.25) is 0 Å². The van der Waals surface area contributed by atoms with Crippen molar-refractivity contribution in [3.63, 3.8) is 0 Å². The molecular formula is C19H32N4O6S. The van der Waals surface area contributed by atoms with E-state index >= 15 is 0 Å². The Hall–Kier alpha value is -2.01. The van der Waals surface area contributed by atoms with Crippen LogP contribution in [-0.2, 0) is 23.9 Å². The monoisotopic (exact) mass is 444 g/mol. The number of nitrogens with one attached hydrogen (secondary N) is 3. The fourth-order valence-electron chi connectivity index (χ4n) is 3.46. The van der Waals surface area contributed by atoms with Gasteiger partial charge in [0.05, 0.1) is 0 Å². The maximum atomic E-state index is 12.2. The van der Waals surface area contributed by atoms with Gasteiger partial charge in [-0.3, -0.25) is 14.4 Å². The largest absolute Gasteiger partial charge is 0.461 e. The lowest BCUT2D eigenvalue weighted by molar-refractivity contribution is -0.150. The summed E-state index contributed by atoms with van der Waals surface area (Å²) in [5.41, 5.74) is 5.75. The van der Waals surface area contributed by atoms with Gasteiger partial charge in [-0.15, -0.1) is 0 Å². The van der Waals surface area contributed by atoms with Gasteiger partial charge in [0.1, 0.15) is 30.8 Å². The maximum Gasteiger partial charge on any atom is 0.325 e. The number of esters is 2. The minimum atomic E-state index is -0.995. The Morgan fingerprint density at radius 1 is 0.933 bits per heavy atom. The zero-order valence-corrected chi connectivity index (χ0v) is 18.0. The smallest absolute Gasteiger partial charge is 0.325 e. The lowest BCUT2D eigenvalue weighted by Gasteiger charge is -2.19. The van der Waals surface area contributed by atoms with E-state index in [4.69, 9.17) is 15.2 Å². The summed E-state index contributed by atoms with van der Waals surface area (Å²) in [6, 6.07) is -2.64. The molecule has 30 heavy (non-hydrogen) atoms. The molecule has 2 aliphatic carbocycles. The molecule has 2 atom stereocenters. The van der Waals surface area contributed by atoms with Crippen molar-refractivity contribution in [3.05, 3.63) is 0 Å². The number of hydrogen-bond acceptors (Lipinski definition) is 8. The van der Waals surface area contributed by atoms with Crippen LogP contribution >= 0.6 is 12.6 Å². The summed E-state index contributed by atoms with van der Waals surface area (Å²) in [5, 5.41) is 7.30. The van der Waals surface area contributed by atoms with Crippen LogP contribution in [0.15, 0.2) is 0 Å². The summed E-state index contributed by atoms with van der Waals surface area (Å²) >= 11 is 4.06. The lowest BCUT2D eigenvalue weighted by atomic mass is 10.3. The minimum absolute atomic E-state index is 0.0205. The highest BCUT2D eigenvalue weighted by atomic mass is 32.1. The zero-order valence-electron chi connectivity index (χ0n) is 17.1. The first-order valence-electron chi connectivity index (χ1n) is 10.5. The molecule has 0 aromatic carbocycles. The second kappa shape index (κ2) is 12.6. The van der Waals surface area contributed by atoms with Crippen LogP contribution in [0.25, 0.3) is 0 Å². The highest BCUT2D eigenvalue weighted by Crippen LogP contribution is 2.21. The molecule has 0 bridgehead atoms. The Bertz CT molecular complexity index is 608. The Balaban J connectivity index is 1.65. The number of carbonyl (C=O) groups excluding carboxylic acids is 4. The van der Waals surface area contributed by atoms with Crippen molar-refractivity contribution >= 4 is 36.5 Å². The van der Waals surface area contributed by atoms with Gasteiger partial charge in [0.15, 0.2) is 0 Å². The van der Waals surface area contributed by atoms with Crippen LogP contribution in [0.4, 0.5) is 4.79 Å². The van der Waals surface area contributed by atoms with Gasteiger partial charge in [-0.05, 0) is 51.4 Å². The molecule has 0 radical (unpaired) electrons. The number of nitrogens with two attached hydrogens (primary N) is 1. The third-order valence-electron chi connectivity index (χ3n) is 5.18. The Kier molecular flexibility index (Phi) is 10.2. The number of thiol groups is 1. The summed E-state index contributed by atoms with van der Waals surface area (Å²) in [5.74, 6) is -1.61. The molecule has 2 aliphatic rings. The van der Waals surface area contributed by atoms with Crippen molar-refractivity contribution in [2.24, 2.45) is 5.73 Å². The number of hydrogen-bond donors (Lipinski definition) is 5. The fourth-order valence-corrected chi connectivity index (χ4v) is 3.72. The van der Waals surface area contributed by atoms with Gasteiger partial charge in [-0.2, -0.15) is 12.6 Å². The van der Waals surface area contributed by atoms with Gasteiger partial charge in [0, 0.05) is 12.3 Å². The minimum Gasteiger partial charge on any atom is -0.461 e. The van der Waals surface area contributed by atoms with E-state index < -0.39 is 36.0 Å². The van der Waals surface area contributed by atoms with Gasteiger partial charge >= 0.3 is 18.0 Å². The van der Waals surface area contributed by atoms with Crippen LogP contribution in [0.1, 0.15) is 51.4 Å². The molecule has 5 N–H and O–H groups in total. The molecule has 0 aliphatic heterocycles. The van der Waals surface area contributed by atoms with Crippen LogP contribution in [0.5, 0.6) is 0 Å². The molecule has 3 amide bonds. The van der Waals surface area contributed by atoms with E-state index in [1.165, 1.54) is 0 Å². The van der Waals surface area contributed by atoms with Crippen molar-refractivity contribution in [1.29, 1.82) is 0 Å². The zero-order chi connectivity index (χ0) is 21.9. The van der Waals surface area contributed by atoms with E-state index in [1.807, 2.05) is 0 Å². The molecule has 0 spiro atoms. The van der Waals surface area contributed by atoms with Crippen LogP contribution < -0.4 is 21.7 Å². The second-order valence-corrected chi connectivity index (χ2v) is 8.02. The highest BCUT2D eigenvalue weighted by molar-refractivity contribution is 7.80. The molecule has 0 aromatic heterocycles. The summed E-state index contributed by atoms with van der Waals surface area (Å²) < 4.78 is 10.6. The van der Waals surface area contributed by atoms with E-state index in [2.05, 4.69) is 28.6 Å². The predicted molar refractivity (Wildman–Crippen MR) is 112 cm³/mol. The molecule has 10 nitrogen and oxygen atoms in total. The molecule has 2 saturated carbocycles. The molecule has 170 valence electrons. The number of carbonyl (C=O) groups is 4. The van der Waals surface area contributed by atoms with Crippen molar-refractivity contribution in [1.82, 2.24) is 16.0 Å². The molecule has 0 aromatic rings. The van der Waals surface area contributed by atoms with E-state index in [0.717, 1.165) is 51.4 Å². The van der Waals surface area contributed by atoms with Crippen molar-refractivity contribution in [2.75, 3.05) is 18.8 Å². The van der Waals surface area contributed by atoms with Crippen LogP contribution in [0.3, 0.4) is 0 Å². The number of urea groups is 1. The molecule has 11 heteroatoms. The summed E-state index contributed by atoms with van der Waals surface area (Å²) in [7, 11) is 0. The third kappa shape index (κ3) is 8.39. The first-order chi connectivity index (χ1) is 14.4. The van der Waals surface area contributed by atoms with E-state index in [9.17, 15) is 19.2 Å². The summed E-state index contributed by atoms with van der Waals surface area (Å²) in [4.78, 5) is 47.9. The molecule has 0 unspecified atom stereocenters. The van der Waals surface area contributed by atoms with E-state index in [1.54, 1.807) is 0 Å². The Morgan fingerprint density at radius 2 is 1.50 bits per heavy atom. The van der Waals surface area contributed by atoms with E-state index in [0.29, 0.717) is 0 Å². The number of rotatable bonds is 10. The fraction of sp³-hybridized carbons (Fsp3) is 0.789. The maximum absolute atomic E-state index is 12.2. The first-order valence-corrected chi connectivity index (χ1v) is 11.1. The summed E-state index contributed by atoms with van der Waals surface area (Å²) in [6.45, 7) is -0.410. The molecular weight excluding hydrogens is 412 g/mol. The molecule has 0 saturated heterocycles. The van der Waals surface area contributed by atoms with Crippen LogP contribution in [0, 0.1) is 0 Å². The average Bonchev–Trinajstić information content (AvgIpc) is 3.42. The lowest BCUT2D eigenvalue weighted by Crippen LogP contribution is -2.54. The molecule has 2 fully saturated rings. The highest BCUT2D eigenvalue weighted by Gasteiger charge is 2.25. The van der Waals surface area contributed by atoms with Gasteiger partial charge in [-0.1, -0.05) is 0 Å². The predicted octanol–water partition coefficient (Wildman–Crippen LogP) is -0.000900. The SMILES string of the molecule is N[C@@H](CNC(=O)N[C@@H](CS)C(=O)NCC(=O)OC1CCCC1)C(=O)OC1CCCC1. The molecule has 0 heterocycles. The average molecular weight is 445 g/mol. The number of ether oxygens (including phenoxy) is 2. The van der Waals surface area contributed by atoms with E-state index in [-0.39, 0.29) is 31.1 Å². The van der Waals surface area contributed by atoms with Crippen LogP contribution in [-0.4, -0.2) is 67.0 Å². The van der Waals surface area contributed by atoms with Crippen molar-refractivity contribution in [2.45, 2.75) is 75.7 Å². The van der Waals surface area contributed by atoms with Gasteiger partial charge in [-0.25, -0.2) is 4.79 Å². The quantitative estimate of drug-likeness (QED) is 0.235. The standard InChI is InChI=1S/C19H32N4O6S/c20-14(18(26)29-13-7-3-4-8-13)9-22-19(27)23-15(11-30)17(25)21-10-16(24)28-12-5-1-2-6-12/h12-15,30H,1-11,20H2,(H,21,25)(H2,22,23,27)/t14-,15-/m0/s1. The third-order valence-corrected chi connectivity index (χ3v) is 5.55. The van der Waals surface area contributed by atoms with Crippen molar-refractivity contribution < 1.29 is 28.7 Å². The van der Waals surface area contributed by atoms with Gasteiger partial charge in [0.25, 0.3) is 0 Å². The molecule has 2 rings (SSSR count). The van der Waals surface area contributed by atoms with Crippen molar-refractivity contribution in [3.8, 4) is 0 Å². The Morgan fingerprint density at radius 3 is 2.07 bits per heavy atom. The van der Waals surface area contributed by atoms with Gasteiger partial charge < -0.3 is 31.2 Å². The van der Waals surface area contributed by atoms with Gasteiger partial charge in [0.2, 0.25) is 5.91 Å². The summed E-state index contributed by atoms with van der Waals surface area (Å²) in [6.07, 6.45) is 7.30. The Labute approximate surface area is 181 Å². The second-order valence-electron chi connectivity index (χ2n) is 7.65. The number of amides is 3.